The minimum atomic E-state index is -0.410. The van der Waals surface area contributed by atoms with Gasteiger partial charge in [0.05, 0.1) is 11.3 Å². The number of aryl methyl sites for hydroxylation is 1. The minimum absolute atomic E-state index is 0.0310. The van der Waals surface area contributed by atoms with Crippen molar-refractivity contribution < 1.29 is 14.0 Å². The summed E-state index contributed by atoms with van der Waals surface area (Å²) in [6.07, 6.45) is 1.44. The van der Waals surface area contributed by atoms with Crippen molar-refractivity contribution in [2.75, 3.05) is 44.2 Å². The summed E-state index contributed by atoms with van der Waals surface area (Å²) in [7, 11) is 0. The summed E-state index contributed by atoms with van der Waals surface area (Å²) in [4.78, 5) is 37.2. The minimum Gasteiger partial charge on any atom is -0.368 e. The fraction of sp³-hybridized carbons (Fsp3) is 0.345. The van der Waals surface area contributed by atoms with E-state index in [0.717, 1.165) is 37.3 Å². The maximum Gasteiger partial charge on any atom is 0.255 e. The zero-order valence-corrected chi connectivity index (χ0v) is 20.6. The molecule has 0 N–H and O–H groups in total. The molecule has 186 valence electrons. The summed E-state index contributed by atoms with van der Waals surface area (Å²) in [6.45, 7) is 5.98. The number of nitrogens with zero attached hydrogens (tertiary/aromatic N) is 4. The van der Waals surface area contributed by atoms with E-state index in [1.165, 1.54) is 17.8 Å². The van der Waals surface area contributed by atoms with Gasteiger partial charge in [0.2, 0.25) is 0 Å². The number of rotatable bonds is 4. The lowest BCUT2D eigenvalue weighted by molar-refractivity contribution is 0.0701. The first-order valence-electron chi connectivity index (χ1n) is 12.6. The molecular weight excluding hydrogens is 455 g/mol. The van der Waals surface area contributed by atoms with Crippen molar-refractivity contribution in [2.24, 2.45) is 0 Å². The lowest BCUT2D eigenvalue weighted by atomic mass is 9.89. The number of aromatic nitrogens is 1. The van der Waals surface area contributed by atoms with E-state index in [2.05, 4.69) is 17.0 Å². The van der Waals surface area contributed by atoms with Gasteiger partial charge in [-0.15, -0.1) is 0 Å². The zero-order valence-electron chi connectivity index (χ0n) is 20.6. The van der Waals surface area contributed by atoms with E-state index in [1.54, 1.807) is 17.0 Å². The highest BCUT2D eigenvalue weighted by Crippen LogP contribution is 2.31. The van der Waals surface area contributed by atoms with Crippen LogP contribution in [0.15, 0.2) is 66.7 Å². The summed E-state index contributed by atoms with van der Waals surface area (Å²) in [5.41, 5.74) is 3.94. The molecule has 1 aromatic heterocycles. The summed E-state index contributed by atoms with van der Waals surface area (Å²) in [5.74, 6) is -0.431. The summed E-state index contributed by atoms with van der Waals surface area (Å²) in [5, 5.41) is 0. The molecule has 3 heterocycles. The molecule has 0 radical (unpaired) electrons. The van der Waals surface area contributed by atoms with Crippen LogP contribution in [-0.2, 0) is 0 Å². The monoisotopic (exact) mass is 486 g/mol. The average Bonchev–Trinajstić information content (AvgIpc) is 2.93. The molecule has 7 heteroatoms. The standard InChI is InChI=1S/C29H31FN4O2/c1-21-10-11-26(29(36)34-18-16-32(17-19-34)25-8-3-2-4-9-25)27(31-21)22-12-14-33(15-13-22)28(35)23-6-5-7-24(30)20-23/h2-11,20,22H,12-19H2,1H3. The molecule has 0 saturated carbocycles. The van der Waals surface area contributed by atoms with Gasteiger partial charge >= 0.3 is 0 Å². The van der Waals surface area contributed by atoms with Crippen molar-refractivity contribution in [3.63, 3.8) is 0 Å². The van der Waals surface area contributed by atoms with Gasteiger partial charge in [0, 0.05) is 62.1 Å². The fourth-order valence-corrected chi connectivity index (χ4v) is 5.21. The average molecular weight is 487 g/mol. The van der Waals surface area contributed by atoms with Crippen molar-refractivity contribution >= 4 is 17.5 Å². The zero-order chi connectivity index (χ0) is 25.1. The molecule has 36 heavy (non-hydrogen) atoms. The molecule has 2 aliphatic rings. The normalized spacial score (nSPS) is 16.8. The molecule has 2 fully saturated rings. The van der Waals surface area contributed by atoms with E-state index in [1.807, 2.05) is 42.2 Å². The second-order valence-electron chi connectivity index (χ2n) is 9.58. The summed E-state index contributed by atoms with van der Waals surface area (Å²) >= 11 is 0. The number of benzene rings is 2. The van der Waals surface area contributed by atoms with Gasteiger partial charge in [-0.25, -0.2) is 4.39 Å². The number of halogens is 1. The Labute approximate surface area is 211 Å². The number of hydrogen-bond donors (Lipinski definition) is 0. The van der Waals surface area contributed by atoms with E-state index in [4.69, 9.17) is 4.98 Å². The van der Waals surface area contributed by atoms with E-state index in [0.29, 0.717) is 37.3 Å². The van der Waals surface area contributed by atoms with Crippen LogP contribution in [0, 0.1) is 12.7 Å². The Morgan fingerprint density at radius 3 is 2.19 bits per heavy atom. The third kappa shape index (κ3) is 5.10. The number of para-hydroxylation sites is 1. The first-order chi connectivity index (χ1) is 17.5. The first kappa shape index (κ1) is 24.0. The second-order valence-corrected chi connectivity index (χ2v) is 9.58. The maximum atomic E-state index is 13.6. The number of piperidine rings is 1. The Balaban J connectivity index is 1.26. The van der Waals surface area contributed by atoms with Crippen LogP contribution >= 0.6 is 0 Å². The van der Waals surface area contributed by atoms with Gasteiger partial charge in [-0.2, -0.15) is 0 Å². The maximum absolute atomic E-state index is 13.6. The van der Waals surface area contributed by atoms with Crippen molar-refractivity contribution in [2.45, 2.75) is 25.7 Å². The molecule has 0 bridgehead atoms. The van der Waals surface area contributed by atoms with Crippen molar-refractivity contribution in [3.05, 3.63) is 95.1 Å². The highest BCUT2D eigenvalue weighted by atomic mass is 19.1. The van der Waals surface area contributed by atoms with Gasteiger partial charge in [0.1, 0.15) is 5.82 Å². The highest BCUT2D eigenvalue weighted by Gasteiger charge is 2.30. The van der Waals surface area contributed by atoms with E-state index in [9.17, 15) is 14.0 Å². The Morgan fingerprint density at radius 1 is 0.806 bits per heavy atom. The number of piperazine rings is 1. The number of anilines is 1. The predicted octanol–water partition coefficient (Wildman–Crippen LogP) is 4.51. The molecule has 2 saturated heterocycles. The lowest BCUT2D eigenvalue weighted by Crippen LogP contribution is -2.49. The van der Waals surface area contributed by atoms with Gasteiger partial charge in [0.15, 0.2) is 0 Å². The van der Waals surface area contributed by atoms with Crippen molar-refractivity contribution in [3.8, 4) is 0 Å². The molecule has 0 unspecified atom stereocenters. The van der Waals surface area contributed by atoms with Crippen LogP contribution in [0.25, 0.3) is 0 Å². The summed E-state index contributed by atoms with van der Waals surface area (Å²) < 4.78 is 13.6. The molecule has 5 rings (SSSR count). The highest BCUT2D eigenvalue weighted by molar-refractivity contribution is 5.96. The van der Waals surface area contributed by atoms with Gasteiger partial charge in [-0.1, -0.05) is 24.3 Å². The third-order valence-electron chi connectivity index (χ3n) is 7.22. The fourth-order valence-electron chi connectivity index (χ4n) is 5.21. The number of carbonyl (C=O) groups excluding carboxylic acids is 2. The van der Waals surface area contributed by atoms with Crippen molar-refractivity contribution in [1.29, 1.82) is 0 Å². The van der Waals surface area contributed by atoms with Crippen LogP contribution in [0.5, 0.6) is 0 Å². The summed E-state index contributed by atoms with van der Waals surface area (Å²) in [6, 6.07) is 19.9. The lowest BCUT2D eigenvalue weighted by Gasteiger charge is -2.37. The third-order valence-corrected chi connectivity index (χ3v) is 7.22. The predicted molar refractivity (Wildman–Crippen MR) is 138 cm³/mol. The van der Waals surface area contributed by atoms with E-state index in [-0.39, 0.29) is 17.7 Å². The van der Waals surface area contributed by atoms with Crippen LogP contribution in [0.3, 0.4) is 0 Å². The number of likely N-dealkylation sites (tertiary alicyclic amines) is 1. The Kier molecular flexibility index (Phi) is 6.98. The van der Waals surface area contributed by atoms with Gasteiger partial charge in [-0.3, -0.25) is 14.6 Å². The molecule has 0 aliphatic carbocycles. The van der Waals surface area contributed by atoms with Crippen LogP contribution in [0.4, 0.5) is 10.1 Å². The van der Waals surface area contributed by atoms with Crippen LogP contribution in [0.1, 0.15) is 50.9 Å². The molecule has 3 aromatic rings. The van der Waals surface area contributed by atoms with E-state index >= 15 is 0 Å². The molecule has 2 aliphatic heterocycles. The Hall–Kier alpha value is -3.74. The molecule has 2 aromatic carbocycles. The molecule has 0 spiro atoms. The van der Waals surface area contributed by atoms with Crippen LogP contribution in [-0.4, -0.2) is 65.9 Å². The second kappa shape index (κ2) is 10.5. The van der Waals surface area contributed by atoms with E-state index < -0.39 is 5.82 Å². The largest absolute Gasteiger partial charge is 0.368 e. The van der Waals surface area contributed by atoms with Crippen LogP contribution < -0.4 is 4.90 Å². The Bertz CT molecular complexity index is 1230. The molecule has 0 atom stereocenters. The molecule has 6 nitrogen and oxygen atoms in total. The number of carbonyl (C=O) groups is 2. The first-order valence-corrected chi connectivity index (χ1v) is 12.6. The number of hydrogen-bond acceptors (Lipinski definition) is 4. The number of pyridine rings is 1. The van der Waals surface area contributed by atoms with Gasteiger partial charge in [-0.05, 0) is 62.2 Å². The molecular formula is C29H31FN4O2. The molecule has 2 amide bonds. The number of amides is 2. The van der Waals surface area contributed by atoms with Crippen LogP contribution in [0.2, 0.25) is 0 Å². The van der Waals surface area contributed by atoms with Gasteiger partial charge < -0.3 is 14.7 Å². The van der Waals surface area contributed by atoms with Gasteiger partial charge in [0.25, 0.3) is 11.8 Å². The van der Waals surface area contributed by atoms with Crippen molar-refractivity contribution in [1.82, 2.24) is 14.8 Å². The quantitative estimate of drug-likeness (QED) is 0.545. The smallest absolute Gasteiger partial charge is 0.255 e. The Morgan fingerprint density at radius 2 is 1.50 bits per heavy atom. The SMILES string of the molecule is Cc1ccc(C(=O)N2CCN(c3ccccc3)CC2)c(C2CCN(C(=O)c3cccc(F)c3)CC2)n1. The topological polar surface area (TPSA) is 56.8 Å².